The van der Waals surface area contributed by atoms with E-state index in [2.05, 4.69) is 10.2 Å². The van der Waals surface area contributed by atoms with Crippen LogP contribution in [0.1, 0.15) is 37.3 Å². The van der Waals surface area contributed by atoms with E-state index in [1.807, 2.05) is 45.0 Å². The smallest absolute Gasteiger partial charge is 0.247 e. The number of hydrogen-bond acceptors (Lipinski definition) is 6. The molecule has 0 N–H and O–H groups in total. The normalized spacial score (nSPS) is 13.5. The quantitative estimate of drug-likeness (QED) is 0.501. The van der Waals surface area contributed by atoms with Crippen molar-refractivity contribution in [1.82, 2.24) is 14.5 Å². The average molecular weight is 469 g/mol. The highest BCUT2D eigenvalue weighted by molar-refractivity contribution is 7.89. The third-order valence-electron chi connectivity index (χ3n) is 5.91. The summed E-state index contributed by atoms with van der Waals surface area (Å²) in [4.78, 5) is 14.9. The number of rotatable bonds is 8. The van der Waals surface area contributed by atoms with Crippen molar-refractivity contribution >= 4 is 21.6 Å². The summed E-state index contributed by atoms with van der Waals surface area (Å²) < 4.78 is 32.8. The van der Waals surface area contributed by atoms with Gasteiger partial charge in [-0.25, -0.2) is 8.42 Å². The summed E-state index contributed by atoms with van der Waals surface area (Å²) in [7, 11) is -3.53. The van der Waals surface area contributed by atoms with Gasteiger partial charge in [-0.2, -0.15) is 4.31 Å². The molecule has 0 atom stereocenters. The molecular weight excluding hydrogens is 440 g/mol. The van der Waals surface area contributed by atoms with Gasteiger partial charge in [-0.1, -0.05) is 31.5 Å². The zero-order chi connectivity index (χ0) is 23.6. The SMILES string of the molecule is CCN(CC)S(=O)(=O)c1ccc2c(c1)CCN2C(=O)CCc1nnc(-c2ccc(C)cc2)o1. The third kappa shape index (κ3) is 4.69. The van der Waals surface area contributed by atoms with Crippen molar-refractivity contribution in [2.45, 2.75) is 44.9 Å². The van der Waals surface area contributed by atoms with E-state index < -0.39 is 10.0 Å². The maximum absolute atomic E-state index is 12.9. The minimum atomic E-state index is -3.53. The molecule has 0 bridgehead atoms. The summed E-state index contributed by atoms with van der Waals surface area (Å²) in [6.45, 7) is 7.02. The highest BCUT2D eigenvalue weighted by Crippen LogP contribution is 2.32. The van der Waals surface area contributed by atoms with Crippen LogP contribution in [0.3, 0.4) is 0 Å². The Balaban J connectivity index is 1.43. The number of hydrogen-bond donors (Lipinski definition) is 0. The van der Waals surface area contributed by atoms with Gasteiger partial charge in [0.1, 0.15) is 0 Å². The molecule has 0 unspecified atom stereocenters. The number of anilines is 1. The first kappa shape index (κ1) is 23.1. The number of nitrogens with zero attached hydrogens (tertiary/aromatic N) is 4. The van der Waals surface area contributed by atoms with Gasteiger partial charge in [0, 0.05) is 43.7 Å². The molecule has 1 amide bonds. The second-order valence-corrected chi connectivity index (χ2v) is 9.98. The van der Waals surface area contributed by atoms with Crippen LogP contribution >= 0.6 is 0 Å². The zero-order valence-electron chi connectivity index (χ0n) is 19.1. The Morgan fingerprint density at radius 2 is 1.82 bits per heavy atom. The number of amides is 1. The largest absolute Gasteiger partial charge is 0.421 e. The van der Waals surface area contributed by atoms with E-state index in [1.54, 1.807) is 23.1 Å². The molecule has 0 fully saturated rings. The molecule has 33 heavy (non-hydrogen) atoms. The van der Waals surface area contributed by atoms with Gasteiger partial charge < -0.3 is 9.32 Å². The summed E-state index contributed by atoms with van der Waals surface area (Å²) in [6.07, 6.45) is 1.20. The lowest BCUT2D eigenvalue weighted by atomic mass is 10.1. The van der Waals surface area contributed by atoms with Crippen LogP contribution in [0.5, 0.6) is 0 Å². The first-order chi connectivity index (χ1) is 15.8. The second-order valence-electron chi connectivity index (χ2n) is 8.04. The van der Waals surface area contributed by atoms with Crippen LogP contribution in [0.15, 0.2) is 51.8 Å². The van der Waals surface area contributed by atoms with Crippen molar-refractivity contribution in [2.24, 2.45) is 0 Å². The van der Waals surface area contributed by atoms with Gasteiger partial charge in [-0.05, 0) is 49.2 Å². The van der Waals surface area contributed by atoms with Gasteiger partial charge in [0.15, 0.2) is 0 Å². The van der Waals surface area contributed by atoms with Gasteiger partial charge in [-0.15, -0.1) is 10.2 Å². The molecule has 4 rings (SSSR count). The average Bonchev–Trinajstić information content (AvgIpc) is 3.45. The van der Waals surface area contributed by atoms with Gasteiger partial charge in [-0.3, -0.25) is 4.79 Å². The van der Waals surface area contributed by atoms with E-state index >= 15 is 0 Å². The summed E-state index contributed by atoms with van der Waals surface area (Å²) >= 11 is 0. The topological polar surface area (TPSA) is 96.6 Å². The van der Waals surface area contributed by atoms with Crippen LogP contribution in [-0.4, -0.2) is 48.5 Å². The van der Waals surface area contributed by atoms with E-state index in [0.29, 0.717) is 44.3 Å². The minimum absolute atomic E-state index is 0.0526. The minimum Gasteiger partial charge on any atom is -0.421 e. The van der Waals surface area contributed by atoms with Crippen LogP contribution in [0.4, 0.5) is 5.69 Å². The van der Waals surface area contributed by atoms with E-state index in [1.165, 1.54) is 4.31 Å². The van der Waals surface area contributed by atoms with Gasteiger partial charge in [0.25, 0.3) is 0 Å². The molecule has 0 radical (unpaired) electrons. The second kappa shape index (κ2) is 9.44. The molecule has 1 aliphatic rings. The number of aromatic nitrogens is 2. The molecule has 1 aromatic heterocycles. The number of benzene rings is 2. The van der Waals surface area contributed by atoms with Gasteiger partial charge in [0.2, 0.25) is 27.7 Å². The molecule has 0 saturated carbocycles. The Hall–Kier alpha value is -3.04. The fraction of sp³-hybridized carbons (Fsp3) is 0.375. The summed E-state index contributed by atoms with van der Waals surface area (Å²) in [6, 6.07) is 12.8. The number of sulfonamides is 1. The first-order valence-corrected chi connectivity index (χ1v) is 12.6. The van der Waals surface area contributed by atoms with E-state index in [4.69, 9.17) is 4.42 Å². The van der Waals surface area contributed by atoms with Crippen molar-refractivity contribution < 1.29 is 17.6 Å². The van der Waals surface area contributed by atoms with Crippen LogP contribution in [0, 0.1) is 6.92 Å². The van der Waals surface area contributed by atoms with Crippen molar-refractivity contribution in [3.05, 3.63) is 59.5 Å². The molecule has 3 aromatic rings. The molecule has 9 heteroatoms. The van der Waals surface area contributed by atoms with E-state index in [0.717, 1.165) is 22.4 Å². The maximum Gasteiger partial charge on any atom is 0.247 e. The Bertz CT molecular complexity index is 1250. The Kier molecular flexibility index (Phi) is 6.62. The molecule has 0 saturated heterocycles. The number of carbonyl (C=O) groups excluding carboxylic acids is 1. The lowest BCUT2D eigenvalue weighted by molar-refractivity contribution is -0.118. The van der Waals surface area contributed by atoms with Crippen LogP contribution in [-0.2, 0) is 27.7 Å². The van der Waals surface area contributed by atoms with Crippen LogP contribution in [0.25, 0.3) is 11.5 Å². The molecule has 2 heterocycles. The van der Waals surface area contributed by atoms with Crippen molar-refractivity contribution in [3.8, 4) is 11.5 Å². The molecule has 0 aliphatic carbocycles. The fourth-order valence-electron chi connectivity index (χ4n) is 4.03. The maximum atomic E-state index is 12.9. The Labute approximate surface area is 194 Å². The summed E-state index contributed by atoms with van der Waals surface area (Å²) in [5.41, 5.74) is 3.63. The lowest BCUT2D eigenvalue weighted by Gasteiger charge is -2.20. The summed E-state index contributed by atoms with van der Waals surface area (Å²) in [5.74, 6) is 0.799. The Morgan fingerprint density at radius 3 is 2.52 bits per heavy atom. The lowest BCUT2D eigenvalue weighted by Crippen LogP contribution is -2.30. The highest BCUT2D eigenvalue weighted by atomic mass is 32.2. The predicted octanol–water partition coefficient (Wildman–Crippen LogP) is 3.60. The van der Waals surface area contributed by atoms with Crippen molar-refractivity contribution in [3.63, 3.8) is 0 Å². The monoisotopic (exact) mass is 468 g/mol. The number of fused-ring (bicyclic) bond motifs is 1. The van der Waals surface area contributed by atoms with E-state index in [-0.39, 0.29) is 17.2 Å². The van der Waals surface area contributed by atoms with Crippen molar-refractivity contribution in [2.75, 3.05) is 24.5 Å². The summed E-state index contributed by atoms with van der Waals surface area (Å²) in [5, 5.41) is 8.16. The van der Waals surface area contributed by atoms with Crippen LogP contribution < -0.4 is 4.90 Å². The zero-order valence-corrected chi connectivity index (χ0v) is 19.9. The highest BCUT2D eigenvalue weighted by Gasteiger charge is 2.28. The van der Waals surface area contributed by atoms with Crippen LogP contribution in [0.2, 0.25) is 0 Å². The molecule has 0 spiro atoms. The van der Waals surface area contributed by atoms with Gasteiger partial charge in [0.05, 0.1) is 4.90 Å². The standard InChI is InChI=1S/C24H28N4O4S/c1-4-27(5-2)33(30,31)20-10-11-21-19(16-20)14-15-28(21)23(29)13-12-22-25-26-24(32-22)18-8-6-17(3)7-9-18/h6-11,16H,4-5,12-15H2,1-3H3. The van der Waals surface area contributed by atoms with Crippen molar-refractivity contribution in [1.29, 1.82) is 0 Å². The molecule has 174 valence electrons. The van der Waals surface area contributed by atoms with Gasteiger partial charge >= 0.3 is 0 Å². The molecule has 1 aliphatic heterocycles. The fourth-order valence-corrected chi connectivity index (χ4v) is 5.54. The molecule has 8 nitrogen and oxygen atoms in total. The number of carbonyl (C=O) groups is 1. The molecule has 2 aromatic carbocycles. The number of aryl methyl sites for hydroxylation is 2. The predicted molar refractivity (Wildman–Crippen MR) is 125 cm³/mol. The Morgan fingerprint density at radius 1 is 1.09 bits per heavy atom. The molecular formula is C24H28N4O4S. The third-order valence-corrected chi connectivity index (χ3v) is 7.95. The van der Waals surface area contributed by atoms with E-state index in [9.17, 15) is 13.2 Å². The first-order valence-electron chi connectivity index (χ1n) is 11.2.